The summed E-state index contributed by atoms with van der Waals surface area (Å²) in [5, 5.41) is 0. The Morgan fingerprint density at radius 2 is 1.57 bits per heavy atom. The highest BCUT2D eigenvalue weighted by Crippen LogP contribution is 2.17. The zero-order valence-corrected chi connectivity index (χ0v) is 9.46. The lowest BCUT2D eigenvalue weighted by Gasteiger charge is -2.27. The van der Waals surface area contributed by atoms with Crippen molar-refractivity contribution >= 4 is 5.97 Å². The van der Waals surface area contributed by atoms with Crippen molar-refractivity contribution in [1.82, 2.24) is 0 Å². The van der Waals surface area contributed by atoms with Crippen LogP contribution in [0.2, 0.25) is 0 Å². The molecule has 0 aliphatic carbocycles. The maximum Gasteiger partial charge on any atom is 0.311 e. The average Bonchev–Trinajstić information content (AvgIpc) is 2.04. The van der Waals surface area contributed by atoms with Crippen LogP contribution < -0.4 is 0 Å². The van der Waals surface area contributed by atoms with Crippen LogP contribution in [0.3, 0.4) is 0 Å². The summed E-state index contributed by atoms with van der Waals surface area (Å²) in [7, 11) is 0. The lowest BCUT2D eigenvalue weighted by atomic mass is 10.2. The second-order valence-corrected chi connectivity index (χ2v) is 2.98. The van der Waals surface area contributed by atoms with Crippen molar-refractivity contribution in [2.45, 2.75) is 39.9 Å². The van der Waals surface area contributed by atoms with E-state index in [-0.39, 0.29) is 12.4 Å². The van der Waals surface area contributed by atoms with Gasteiger partial charge < -0.3 is 14.2 Å². The molecule has 0 saturated carbocycles. The molecular formula is C10H20O4. The van der Waals surface area contributed by atoms with Crippen LogP contribution in [0.5, 0.6) is 0 Å². The Hall–Kier alpha value is -0.610. The third-order valence-corrected chi connectivity index (χ3v) is 1.67. The van der Waals surface area contributed by atoms with E-state index in [0.29, 0.717) is 19.8 Å². The van der Waals surface area contributed by atoms with Gasteiger partial charge in [-0.25, -0.2) is 0 Å². The molecule has 0 aromatic rings. The molecule has 0 bridgehead atoms. The van der Waals surface area contributed by atoms with Gasteiger partial charge in [-0.1, -0.05) is 0 Å². The molecule has 0 fully saturated rings. The van der Waals surface area contributed by atoms with Gasteiger partial charge in [0.15, 0.2) is 5.79 Å². The van der Waals surface area contributed by atoms with Crippen molar-refractivity contribution < 1.29 is 19.0 Å². The molecule has 0 aromatic heterocycles. The van der Waals surface area contributed by atoms with E-state index in [1.165, 1.54) is 0 Å². The minimum atomic E-state index is -0.851. The molecule has 0 atom stereocenters. The summed E-state index contributed by atoms with van der Waals surface area (Å²) in [6, 6.07) is 0. The van der Waals surface area contributed by atoms with E-state index < -0.39 is 5.79 Å². The number of hydrogen-bond acceptors (Lipinski definition) is 4. The summed E-state index contributed by atoms with van der Waals surface area (Å²) in [4.78, 5) is 11.2. The first-order valence-electron chi connectivity index (χ1n) is 5.01. The molecule has 4 nitrogen and oxygen atoms in total. The van der Waals surface area contributed by atoms with Crippen molar-refractivity contribution in [2.24, 2.45) is 0 Å². The van der Waals surface area contributed by atoms with E-state index in [1.807, 2.05) is 13.8 Å². The van der Waals surface area contributed by atoms with E-state index in [9.17, 15) is 4.79 Å². The highest BCUT2D eigenvalue weighted by atomic mass is 16.7. The first kappa shape index (κ1) is 13.4. The smallest absolute Gasteiger partial charge is 0.311 e. The minimum Gasteiger partial charge on any atom is -0.466 e. The summed E-state index contributed by atoms with van der Waals surface area (Å²) in [6.45, 7) is 8.65. The van der Waals surface area contributed by atoms with Crippen LogP contribution in [0.1, 0.15) is 34.1 Å². The summed E-state index contributed by atoms with van der Waals surface area (Å²) < 4.78 is 15.6. The van der Waals surface area contributed by atoms with Gasteiger partial charge in [0.1, 0.15) is 0 Å². The van der Waals surface area contributed by atoms with E-state index in [1.54, 1.807) is 13.8 Å². The number of ether oxygens (including phenoxy) is 3. The maximum atomic E-state index is 11.2. The molecule has 0 N–H and O–H groups in total. The van der Waals surface area contributed by atoms with Gasteiger partial charge in [-0.2, -0.15) is 0 Å². The standard InChI is InChI=1S/C10H20O4/c1-5-12-9(11)8-10(4,13-6-2)14-7-3/h5-8H2,1-4H3. The Morgan fingerprint density at radius 1 is 1.07 bits per heavy atom. The largest absolute Gasteiger partial charge is 0.466 e. The van der Waals surface area contributed by atoms with Crippen molar-refractivity contribution in [3.8, 4) is 0 Å². The molecule has 0 heterocycles. The van der Waals surface area contributed by atoms with Crippen molar-refractivity contribution in [3.63, 3.8) is 0 Å². The Labute approximate surface area is 85.5 Å². The van der Waals surface area contributed by atoms with Crippen molar-refractivity contribution in [1.29, 1.82) is 0 Å². The van der Waals surface area contributed by atoms with E-state index >= 15 is 0 Å². The van der Waals surface area contributed by atoms with Gasteiger partial charge in [-0.3, -0.25) is 4.79 Å². The fraction of sp³-hybridized carbons (Fsp3) is 0.900. The Balaban J connectivity index is 4.12. The summed E-state index contributed by atoms with van der Waals surface area (Å²) >= 11 is 0. The molecule has 0 aliphatic rings. The van der Waals surface area contributed by atoms with Crippen LogP contribution in [0.15, 0.2) is 0 Å². The molecule has 4 heteroatoms. The van der Waals surface area contributed by atoms with Crippen molar-refractivity contribution in [2.75, 3.05) is 19.8 Å². The fourth-order valence-electron chi connectivity index (χ4n) is 1.23. The highest BCUT2D eigenvalue weighted by Gasteiger charge is 2.29. The lowest BCUT2D eigenvalue weighted by molar-refractivity contribution is -0.228. The van der Waals surface area contributed by atoms with Gasteiger partial charge in [-0.15, -0.1) is 0 Å². The van der Waals surface area contributed by atoms with Crippen LogP contribution in [0, 0.1) is 0 Å². The molecule has 0 aromatic carbocycles. The Morgan fingerprint density at radius 3 is 1.93 bits per heavy atom. The Kier molecular flexibility index (Phi) is 6.49. The molecule has 14 heavy (non-hydrogen) atoms. The zero-order chi connectivity index (χ0) is 11.0. The molecule has 0 amide bonds. The monoisotopic (exact) mass is 204 g/mol. The lowest BCUT2D eigenvalue weighted by Crippen LogP contribution is -2.35. The molecule has 0 saturated heterocycles. The third kappa shape index (κ3) is 5.19. The SMILES string of the molecule is CCOC(=O)CC(C)(OCC)OCC. The second kappa shape index (κ2) is 6.79. The molecule has 84 valence electrons. The van der Waals surface area contributed by atoms with Gasteiger partial charge in [-0.05, 0) is 27.7 Å². The first-order chi connectivity index (χ1) is 6.58. The van der Waals surface area contributed by atoms with Crippen LogP contribution in [0.4, 0.5) is 0 Å². The van der Waals surface area contributed by atoms with Crippen molar-refractivity contribution in [3.05, 3.63) is 0 Å². The topological polar surface area (TPSA) is 44.8 Å². The molecule has 0 radical (unpaired) electrons. The van der Waals surface area contributed by atoms with E-state index in [0.717, 1.165) is 0 Å². The predicted octanol–water partition coefficient (Wildman–Crippen LogP) is 1.73. The van der Waals surface area contributed by atoms with Crippen LogP contribution >= 0.6 is 0 Å². The molecular weight excluding hydrogens is 184 g/mol. The van der Waals surface area contributed by atoms with Crippen LogP contribution in [0.25, 0.3) is 0 Å². The van der Waals surface area contributed by atoms with Gasteiger partial charge >= 0.3 is 5.97 Å². The molecule has 0 rings (SSSR count). The fourth-order valence-corrected chi connectivity index (χ4v) is 1.23. The second-order valence-electron chi connectivity index (χ2n) is 2.98. The zero-order valence-electron chi connectivity index (χ0n) is 9.46. The number of carbonyl (C=O) groups is 1. The summed E-state index contributed by atoms with van der Waals surface area (Å²) in [5.74, 6) is -1.15. The van der Waals surface area contributed by atoms with Gasteiger partial charge in [0, 0.05) is 13.2 Å². The van der Waals surface area contributed by atoms with Gasteiger partial charge in [0.05, 0.1) is 13.0 Å². The highest BCUT2D eigenvalue weighted by molar-refractivity contribution is 5.70. The molecule has 0 aliphatic heterocycles. The number of carbonyl (C=O) groups excluding carboxylic acids is 1. The normalized spacial score (nSPS) is 11.4. The first-order valence-corrected chi connectivity index (χ1v) is 5.01. The molecule has 0 spiro atoms. The van der Waals surface area contributed by atoms with Crippen LogP contribution in [-0.4, -0.2) is 31.6 Å². The third-order valence-electron chi connectivity index (χ3n) is 1.67. The Bertz CT molecular complexity index is 162. The number of hydrogen-bond donors (Lipinski definition) is 0. The van der Waals surface area contributed by atoms with E-state index in [4.69, 9.17) is 14.2 Å². The predicted molar refractivity (Wildman–Crippen MR) is 52.9 cm³/mol. The number of esters is 1. The number of rotatable bonds is 7. The van der Waals surface area contributed by atoms with Gasteiger partial charge in [0.2, 0.25) is 0 Å². The molecule has 0 unspecified atom stereocenters. The maximum absolute atomic E-state index is 11.2. The quantitative estimate of drug-likeness (QED) is 0.468. The summed E-state index contributed by atoms with van der Waals surface area (Å²) in [6.07, 6.45) is 0.127. The summed E-state index contributed by atoms with van der Waals surface area (Å²) in [5.41, 5.74) is 0. The minimum absolute atomic E-state index is 0.127. The average molecular weight is 204 g/mol. The van der Waals surface area contributed by atoms with Gasteiger partial charge in [0.25, 0.3) is 0 Å². The van der Waals surface area contributed by atoms with Crippen LogP contribution in [-0.2, 0) is 19.0 Å². The van der Waals surface area contributed by atoms with E-state index in [2.05, 4.69) is 0 Å².